The van der Waals surface area contributed by atoms with E-state index >= 15 is 0 Å². The summed E-state index contributed by atoms with van der Waals surface area (Å²) in [5.74, 6) is -0.474. The van der Waals surface area contributed by atoms with E-state index in [0.717, 1.165) is 0 Å². The predicted octanol–water partition coefficient (Wildman–Crippen LogP) is 6.43. The van der Waals surface area contributed by atoms with Gasteiger partial charge in [-0.25, -0.2) is 4.39 Å². The Bertz CT molecular complexity index is 1210. The molecule has 4 aromatic rings. The molecule has 4 N–H and O–H groups in total. The molecule has 2 heterocycles. The Kier molecular flexibility index (Phi) is 4.38. The van der Waals surface area contributed by atoms with Crippen molar-refractivity contribution < 1.29 is 8.81 Å². The van der Waals surface area contributed by atoms with E-state index in [1.54, 1.807) is 30.5 Å². The molecule has 0 amide bonds. The summed E-state index contributed by atoms with van der Waals surface area (Å²) < 4.78 is 19.2. The molecule has 2 aromatic heterocycles. The highest BCUT2D eigenvalue weighted by Gasteiger charge is 2.21. The molecule has 0 radical (unpaired) electrons. The molecular formula is C19H11Cl3FN3O. The van der Waals surface area contributed by atoms with Crippen LogP contribution in [0.2, 0.25) is 15.1 Å². The van der Waals surface area contributed by atoms with Crippen LogP contribution in [-0.4, -0.2) is 4.98 Å². The highest BCUT2D eigenvalue weighted by atomic mass is 35.5. The maximum absolute atomic E-state index is 13.5. The van der Waals surface area contributed by atoms with Crippen LogP contribution in [0, 0.1) is 5.82 Å². The van der Waals surface area contributed by atoms with Crippen molar-refractivity contribution in [2.45, 2.75) is 0 Å². The van der Waals surface area contributed by atoms with Gasteiger partial charge in [-0.1, -0.05) is 53.0 Å². The van der Waals surface area contributed by atoms with Crippen LogP contribution >= 0.6 is 34.8 Å². The summed E-state index contributed by atoms with van der Waals surface area (Å²) in [6.07, 6.45) is 1.59. The third-order valence-corrected chi connectivity index (χ3v) is 5.33. The molecule has 0 saturated heterocycles. The lowest BCUT2D eigenvalue weighted by Crippen LogP contribution is -1.93. The lowest BCUT2D eigenvalue weighted by Gasteiger charge is -2.09. The van der Waals surface area contributed by atoms with Crippen LogP contribution in [0.15, 0.2) is 47.0 Å². The van der Waals surface area contributed by atoms with Gasteiger partial charge >= 0.3 is 0 Å². The second-order valence-corrected chi connectivity index (χ2v) is 7.03. The minimum absolute atomic E-state index is 0.0161. The average molecular weight is 423 g/mol. The molecule has 0 atom stereocenters. The van der Waals surface area contributed by atoms with E-state index in [9.17, 15) is 4.39 Å². The van der Waals surface area contributed by atoms with E-state index < -0.39 is 5.82 Å². The smallest absolute Gasteiger partial charge is 0.215 e. The summed E-state index contributed by atoms with van der Waals surface area (Å²) in [7, 11) is 0. The molecule has 2 aromatic carbocycles. The second kappa shape index (κ2) is 6.60. The molecule has 0 spiro atoms. The maximum Gasteiger partial charge on any atom is 0.215 e. The van der Waals surface area contributed by atoms with E-state index in [-0.39, 0.29) is 16.6 Å². The standard InChI is InChI=1S/C19H11Cl3FN3O/c20-11-3-1-2-9(15(11)22)17-18-14(16(24)19(25)27-18)10(7-26-17)8-4-5-13(23)12(21)6-8/h1-7H,24-25H2. The van der Waals surface area contributed by atoms with Gasteiger partial charge < -0.3 is 15.9 Å². The molecule has 0 aliphatic rings. The monoisotopic (exact) mass is 421 g/mol. The van der Waals surface area contributed by atoms with Crippen LogP contribution in [0.4, 0.5) is 16.0 Å². The summed E-state index contributed by atoms with van der Waals surface area (Å²) in [6, 6.07) is 9.52. The third-order valence-electron chi connectivity index (χ3n) is 4.22. The van der Waals surface area contributed by atoms with Crippen LogP contribution in [0.25, 0.3) is 33.4 Å². The Balaban J connectivity index is 2.05. The fourth-order valence-corrected chi connectivity index (χ4v) is 3.48. The molecule has 4 rings (SSSR count). The first-order chi connectivity index (χ1) is 12.9. The Hall–Kier alpha value is -2.47. The minimum atomic E-state index is -0.522. The van der Waals surface area contributed by atoms with Crippen LogP contribution in [0.3, 0.4) is 0 Å². The van der Waals surface area contributed by atoms with Crippen LogP contribution in [0.5, 0.6) is 0 Å². The van der Waals surface area contributed by atoms with Crippen molar-refractivity contribution in [2.75, 3.05) is 11.5 Å². The van der Waals surface area contributed by atoms with E-state index in [1.165, 1.54) is 12.1 Å². The van der Waals surface area contributed by atoms with Gasteiger partial charge in [0.15, 0.2) is 5.58 Å². The topological polar surface area (TPSA) is 78.1 Å². The van der Waals surface area contributed by atoms with Crippen molar-refractivity contribution in [2.24, 2.45) is 0 Å². The van der Waals surface area contributed by atoms with Gasteiger partial charge in [-0.2, -0.15) is 0 Å². The number of hydrogen-bond donors (Lipinski definition) is 2. The summed E-state index contributed by atoms with van der Waals surface area (Å²) in [6.45, 7) is 0. The molecule has 8 heteroatoms. The summed E-state index contributed by atoms with van der Waals surface area (Å²) >= 11 is 18.4. The first kappa shape index (κ1) is 17.9. The number of pyridine rings is 1. The zero-order valence-electron chi connectivity index (χ0n) is 13.6. The fourth-order valence-electron chi connectivity index (χ4n) is 2.91. The number of fused-ring (bicyclic) bond motifs is 1. The number of furan rings is 1. The van der Waals surface area contributed by atoms with Crippen molar-refractivity contribution in [3.8, 4) is 22.4 Å². The van der Waals surface area contributed by atoms with Gasteiger partial charge in [0.1, 0.15) is 17.2 Å². The third kappa shape index (κ3) is 2.88. The average Bonchev–Trinajstić information content (AvgIpc) is 2.95. The number of halogens is 4. The first-order valence-corrected chi connectivity index (χ1v) is 8.88. The molecule has 0 bridgehead atoms. The lowest BCUT2D eigenvalue weighted by molar-refractivity contribution is 0.628. The van der Waals surface area contributed by atoms with E-state index in [1.807, 2.05) is 0 Å². The van der Waals surface area contributed by atoms with E-state index in [4.69, 9.17) is 50.7 Å². The second-order valence-electron chi connectivity index (χ2n) is 5.83. The predicted molar refractivity (Wildman–Crippen MR) is 109 cm³/mol. The number of nitrogens with two attached hydrogens (primary N) is 2. The number of hydrogen-bond acceptors (Lipinski definition) is 4. The molecule has 136 valence electrons. The van der Waals surface area contributed by atoms with Gasteiger partial charge in [0.25, 0.3) is 0 Å². The van der Waals surface area contributed by atoms with Gasteiger partial charge in [0.2, 0.25) is 5.88 Å². The molecule has 4 nitrogen and oxygen atoms in total. The minimum Gasteiger partial charge on any atom is -0.436 e. The van der Waals surface area contributed by atoms with Gasteiger partial charge in [0.05, 0.1) is 20.5 Å². The number of nitrogens with zero attached hydrogens (tertiary/aromatic N) is 1. The SMILES string of the molecule is Nc1oc2c(-c3cccc(Cl)c3Cl)ncc(-c3ccc(F)c(Cl)c3)c2c1N. The Labute approximate surface area is 168 Å². The Morgan fingerprint density at radius 2 is 1.74 bits per heavy atom. The van der Waals surface area contributed by atoms with Crippen LogP contribution in [0.1, 0.15) is 0 Å². The van der Waals surface area contributed by atoms with Crippen molar-refractivity contribution >= 4 is 57.3 Å². The van der Waals surface area contributed by atoms with Gasteiger partial charge in [-0.3, -0.25) is 4.98 Å². The Morgan fingerprint density at radius 1 is 0.963 bits per heavy atom. The van der Waals surface area contributed by atoms with E-state index in [0.29, 0.717) is 43.4 Å². The van der Waals surface area contributed by atoms with Gasteiger partial charge in [-0.15, -0.1) is 0 Å². The quantitative estimate of drug-likeness (QED) is 0.390. The number of nitrogen functional groups attached to an aromatic ring is 2. The molecule has 27 heavy (non-hydrogen) atoms. The van der Waals surface area contributed by atoms with Crippen molar-refractivity contribution in [3.63, 3.8) is 0 Å². The maximum atomic E-state index is 13.5. The first-order valence-electron chi connectivity index (χ1n) is 7.74. The van der Waals surface area contributed by atoms with Crippen LogP contribution in [-0.2, 0) is 0 Å². The van der Waals surface area contributed by atoms with E-state index in [2.05, 4.69) is 4.98 Å². The highest BCUT2D eigenvalue weighted by Crippen LogP contribution is 2.44. The highest BCUT2D eigenvalue weighted by molar-refractivity contribution is 6.43. The van der Waals surface area contributed by atoms with Crippen LogP contribution < -0.4 is 11.5 Å². The zero-order valence-corrected chi connectivity index (χ0v) is 15.8. The number of anilines is 2. The van der Waals surface area contributed by atoms with Crippen molar-refractivity contribution in [1.29, 1.82) is 0 Å². The Morgan fingerprint density at radius 3 is 2.48 bits per heavy atom. The molecule has 0 unspecified atom stereocenters. The number of benzene rings is 2. The van der Waals surface area contributed by atoms with Crippen molar-refractivity contribution in [3.05, 3.63) is 63.5 Å². The van der Waals surface area contributed by atoms with Crippen molar-refractivity contribution in [1.82, 2.24) is 4.98 Å². The molecule has 0 aliphatic carbocycles. The molecule has 0 fully saturated rings. The number of rotatable bonds is 2. The van der Waals surface area contributed by atoms with Gasteiger partial charge in [-0.05, 0) is 23.8 Å². The molecular weight excluding hydrogens is 412 g/mol. The normalized spacial score (nSPS) is 11.3. The zero-order chi connectivity index (χ0) is 19.3. The lowest BCUT2D eigenvalue weighted by atomic mass is 10.0. The summed E-state index contributed by atoms with van der Waals surface area (Å²) in [4.78, 5) is 4.48. The molecule has 0 aliphatic heterocycles. The molecule has 0 saturated carbocycles. The summed E-state index contributed by atoms with van der Waals surface area (Å²) in [5.41, 5.74) is 14.9. The summed E-state index contributed by atoms with van der Waals surface area (Å²) in [5, 5.41) is 1.24. The largest absolute Gasteiger partial charge is 0.436 e. The number of aromatic nitrogens is 1. The fraction of sp³-hybridized carbons (Fsp3) is 0. The van der Waals surface area contributed by atoms with Gasteiger partial charge in [0, 0.05) is 17.3 Å².